The summed E-state index contributed by atoms with van der Waals surface area (Å²) in [4.78, 5) is 0.0641. The summed E-state index contributed by atoms with van der Waals surface area (Å²) in [5, 5.41) is 3.93. The number of nitrogens with two attached hydrogens (primary N) is 1. The zero-order chi connectivity index (χ0) is 15.6. The van der Waals surface area contributed by atoms with Crippen molar-refractivity contribution in [3.8, 4) is 0 Å². The Bertz CT molecular complexity index is 750. The number of rotatable bonds is 5. The summed E-state index contributed by atoms with van der Waals surface area (Å²) in [6.45, 7) is 4.01. The fraction of sp³-hybridized carbons (Fsp3) is 0.357. The monoisotopic (exact) mass is 308 g/mol. The van der Waals surface area contributed by atoms with Crippen LogP contribution in [0.2, 0.25) is 0 Å². The molecule has 114 valence electrons. The van der Waals surface area contributed by atoms with E-state index >= 15 is 0 Å². The first-order chi connectivity index (χ1) is 9.81. The number of anilines is 1. The van der Waals surface area contributed by atoms with Crippen molar-refractivity contribution in [3.05, 3.63) is 41.1 Å². The summed E-state index contributed by atoms with van der Waals surface area (Å²) in [6, 6.07) is 7.98. The predicted octanol–water partition coefficient (Wildman–Crippen LogP) is 1.14. The summed E-state index contributed by atoms with van der Waals surface area (Å²) in [5.41, 5.74) is 8.45. The lowest BCUT2D eigenvalue weighted by molar-refractivity contribution is 0.581. The van der Waals surface area contributed by atoms with Crippen molar-refractivity contribution in [2.75, 3.05) is 12.3 Å². The lowest BCUT2D eigenvalue weighted by Gasteiger charge is -2.07. The van der Waals surface area contributed by atoms with Crippen LogP contribution in [0.3, 0.4) is 0 Å². The van der Waals surface area contributed by atoms with Crippen molar-refractivity contribution in [3.63, 3.8) is 0 Å². The third kappa shape index (κ3) is 3.43. The van der Waals surface area contributed by atoms with Crippen LogP contribution >= 0.6 is 0 Å². The van der Waals surface area contributed by atoms with E-state index in [9.17, 15) is 8.42 Å². The standard InChI is InChI=1S/C14H20N4O2S/c1-10-5-4-6-12(9-10)7-8-16-21(19,20)13-11(2)18(3)17-14(13)15/h4-6,9,16H,7-8H2,1-3H3,(H2,15,17). The Hall–Kier alpha value is -1.86. The Morgan fingerprint density at radius 3 is 2.62 bits per heavy atom. The van der Waals surface area contributed by atoms with Gasteiger partial charge in [0.1, 0.15) is 4.90 Å². The maximum Gasteiger partial charge on any atom is 0.246 e. The molecular formula is C14H20N4O2S. The molecule has 0 saturated carbocycles. The third-order valence-corrected chi connectivity index (χ3v) is 4.99. The quantitative estimate of drug-likeness (QED) is 0.866. The molecule has 0 spiro atoms. The molecule has 0 bridgehead atoms. The first-order valence-corrected chi connectivity index (χ1v) is 8.14. The summed E-state index contributed by atoms with van der Waals surface area (Å²) in [6.07, 6.45) is 0.625. The highest BCUT2D eigenvalue weighted by atomic mass is 32.2. The molecular weight excluding hydrogens is 288 g/mol. The molecule has 21 heavy (non-hydrogen) atoms. The zero-order valence-electron chi connectivity index (χ0n) is 12.4. The number of nitrogens with one attached hydrogen (secondary N) is 1. The van der Waals surface area contributed by atoms with E-state index in [2.05, 4.69) is 9.82 Å². The number of nitrogen functional groups attached to an aromatic ring is 1. The van der Waals surface area contributed by atoms with Crippen molar-refractivity contribution < 1.29 is 8.42 Å². The molecule has 6 nitrogen and oxygen atoms in total. The van der Waals surface area contributed by atoms with E-state index in [1.54, 1.807) is 14.0 Å². The summed E-state index contributed by atoms with van der Waals surface area (Å²) in [5.74, 6) is 0.0260. The van der Waals surface area contributed by atoms with E-state index in [0.717, 1.165) is 11.1 Å². The number of benzene rings is 1. The van der Waals surface area contributed by atoms with Crippen LogP contribution in [0, 0.1) is 13.8 Å². The molecule has 0 aliphatic carbocycles. The first kappa shape index (κ1) is 15.5. The summed E-state index contributed by atoms with van der Waals surface area (Å²) in [7, 11) is -1.98. The van der Waals surface area contributed by atoms with E-state index in [-0.39, 0.29) is 10.7 Å². The number of sulfonamides is 1. The van der Waals surface area contributed by atoms with Crippen LogP contribution in [-0.4, -0.2) is 24.7 Å². The Morgan fingerprint density at radius 2 is 2.05 bits per heavy atom. The second-order valence-corrected chi connectivity index (χ2v) is 6.76. The molecule has 0 aliphatic rings. The fourth-order valence-corrected chi connectivity index (χ4v) is 3.57. The molecule has 3 N–H and O–H groups in total. The molecule has 0 unspecified atom stereocenters. The van der Waals surface area contributed by atoms with Crippen molar-refractivity contribution in [2.45, 2.75) is 25.2 Å². The van der Waals surface area contributed by atoms with Crippen LogP contribution in [0.15, 0.2) is 29.2 Å². The molecule has 1 aromatic heterocycles. The predicted molar refractivity (Wildman–Crippen MR) is 82.4 cm³/mol. The number of aryl methyl sites for hydroxylation is 2. The van der Waals surface area contributed by atoms with Crippen molar-refractivity contribution in [1.82, 2.24) is 14.5 Å². The van der Waals surface area contributed by atoms with Gasteiger partial charge in [-0.2, -0.15) is 5.10 Å². The maximum atomic E-state index is 12.3. The van der Waals surface area contributed by atoms with E-state index < -0.39 is 10.0 Å². The van der Waals surface area contributed by atoms with Gasteiger partial charge in [0.15, 0.2) is 5.82 Å². The number of aromatic nitrogens is 2. The van der Waals surface area contributed by atoms with Gasteiger partial charge in [-0.15, -0.1) is 0 Å². The van der Waals surface area contributed by atoms with Crippen LogP contribution in [0.4, 0.5) is 5.82 Å². The van der Waals surface area contributed by atoms with E-state index in [4.69, 9.17) is 5.73 Å². The van der Waals surface area contributed by atoms with Crippen molar-refractivity contribution in [2.24, 2.45) is 7.05 Å². The smallest absolute Gasteiger partial charge is 0.246 e. The molecule has 2 aromatic rings. The second-order valence-electron chi connectivity index (χ2n) is 5.06. The van der Waals surface area contributed by atoms with Gasteiger partial charge in [0, 0.05) is 13.6 Å². The molecule has 2 rings (SSSR count). The molecule has 7 heteroatoms. The van der Waals surface area contributed by atoms with Gasteiger partial charge in [-0.05, 0) is 25.8 Å². The molecule has 0 atom stereocenters. The van der Waals surface area contributed by atoms with Gasteiger partial charge in [-0.3, -0.25) is 4.68 Å². The van der Waals surface area contributed by atoms with Gasteiger partial charge in [0.05, 0.1) is 5.69 Å². The van der Waals surface area contributed by atoms with Crippen molar-refractivity contribution >= 4 is 15.8 Å². The normalized spacial score (nSPS) is 11.8. The minimum absolute atomic E-state index is 0.0260. The maximum absolute atomic E-state index is 12.3. The van der Waals surface area contributed by atoms with E-state index in [1.165, 1.54) is 4.68 Å². The zero-order valence-corrected chi connectivity index (χ0v) is 13.2. The largest absolute Gasteiger partial charge is 0.381 e. The third-order valence-electron chi connectivity index (χ3n) is 3.36. The minimum Gasteiger partial charge on any atom is -0.381 e. The second kappa shape index (κ2) is 5.87. The van der Waals surface area contributed by atoms with Gasteiger partial charge in [0.25, 0.3) is 0 Å². The van der Waals surface area contributed by atoms with Crippen LogP contribution in [-0.2, 0) is 23.5 Å². The number of nitrogens with zero attached hydrogens (tertiary/aromatic N) is 2. The molecule has 0 amide bonds. The van der Waals surface area contributed by atoms with E-state index in [0.29, 0.717) is 18.7 Å². The lowest BCUT2D eigenvalue weighted by atomic mass is 10.1. The van der Waals surface area contributed by atoms with Crippen molar-refractivity contribution in [1.29, 1.82) is 0 Å². The number of hydrogen-bond acceptors (Lipinski definition) is 4. The van der Waals surface area contributed by atoms with Crippen LogP contribution in [0.1, 0.15) is 16.8 Å². The lowest BCUT2D eigenvalue weighted by Crippen LogP contribution is -2.27. The average molecular weight is 308 g/mol. The van der Waals surface area contributed by atoms with Crippen LogP contribution in [0.25, 0.3) is 0 Å². The van der Waals surface area contributed by atoms with Crippen LogP contribution < -0.4 is 10.5 Å². The SMILES string of the molecule is Cc1cccc(CCNS(=O)(=O)c2c(N)nn(C)c2C)c1. The Morgan fingerprint density at radius 1 is 1.33 bits per heavy atom. The molecule has 0 aliphatic heterocycles. The molecule has 0 radical (unpaired) electrons. The summed E-state index contributed by atoms with van der Waals surface area (Å²) >= 11 is 0. The highest BCUT2D eigenvalue weighted by Gasteiger charge is 2.23. The van der Waals surface area contributed by atoms with Gasteiger partial charge in [-0.1, -0.05) is 29.8 Å². The number of hydrogen-bond donors (Lipinski definition) is 2. The Kier molecular flexibility index (Phi) is 4.34. The topological polar surface area (TPSA) is 90.0 Å². The Balaban J connectivity index is 2.08. The van der Waals surface area contributed by atoms with E-state index in [1.807, 2.05) is 31.2 Å². The molecule has 0 fully saturated rings. The summed E-state index contributed by atoms with van der Waals surface area (Å²) < 4.78 is 28.6. The van der Waals surface area contributed by atoms with Crippen LogP contribution in [0.5, 0.6) is 0 Å². The molecule has 0 saturated heterocycles. The van der Waals surface area contributed by atoms with Gasteiger partial charge in [0.2, 0.25) is 10.0 Å². The highest BCUT2D eigenvalue weighted by Crippen LogP contribution is 2.20. The minimum atomic E-state index is -3.64. The highest BCUT2D eigenvalue weighted by molar-refractivity contribution is 7.89. The van der Waals surface area contributed by atoms with Gasteiger partial charge in [-0.25, -0.2) is 13.1 Å². The molecule has 1 heterocycles. The fourth-order valence-electron chi connectivity index (χ4n) is 2.22. The average Bonchev–Trinajstić information content (AvgIpc) is 2.63. The first-order valence-electron chi connectivity index (χ1n) is 6.65. The van der Waals surface area contributed by atoms with Gasteiger partial charge < -0.3 is 5.73 Å². The molecule has 1 aromatic carbocycles. The Labute approximate surface area is 125 Å². The van der Waals surface area contributed by atoms with Gasteiger partial charge >= 0.3 is 0 Å².